The molecular formula is C15H17N3OS2. The number of anilines is 1. The fourth-order valence-electron chi connectivity index (χ4n) is 1.90. The first-order valence-corrected chi connectivity index (χ1v) is 7.85. The van der Waals surface area contributed by atoms with Crippen molar-refractivity contribution in [3.8, 4) is 0 Å². The van der Waals surface area contributed by atoms with Gasteiger partial charge in [0.1, 0.15) is 0 Å². The summed E-state index contributed by atoms with van der Waals surface area (Å²) in [5.74, 6) is -0.220. The molecule has 1 aromatic heterocycles. The van der Waals surface area contributed by atoms with Gasteiger partial charge in [0, 0.05) is 10.3 Å². The van der Waals surface area contributed by atoms with Crippen LogP contribution in [0.5, 0.6) is 0 Å². The Hall–Kier alpha value is -1.92. The minimum Gasteiger partial charge on any atom is -0.374 e. The summed E-state index contributed by atoms with van der Waals surface area (Å²) in [6, 6.07) is 9.48. The summed E-state index contributed by atoms with van der Waals surface area (Å²) < 4.78 is 0. The van der Waals surface area contributed by atoms with Gasteiger partial charge in [0.05, 0.1) is 11.3 Å². The number of benzene rings is 1. The first-order valence-electron chi connectivity index (χ1n) is 6.56. The molecule has 0 unspecified atom stereocenters. The summed E-state index contributed by atoms with van der Waals surface area (Å²) in [5, 5.41) is 3.38. The lowest BCUT2D eigenvalue weighted by atomic mass is 10.2. The Kier molecular flexibility index (Phi) is 4.93. The lowest BCUT2D eigenvalue weighted by Gasteiger charge is -2.24. The predicted octanol–water partition coefficient (Wildman–Crippen LogP) is 3.01. The van der Waals surface area contributed by atoms with Crippen LogP contribution in [-0.4, -0.2) is 11.0 Å². The van der Waals surface area contributed by atoms with Crippen LogP contribution in [0.25, 0.3) is 0 Å². The van der Waals surface area contributed by atoms with Crippen molar-refractivity contribution >= 4 is 40.3 Å². The number of thiophene rings is 1. The molecule has 0 saturated carbocycles. The number of nitrogens with one attached hydrogen (secondary N) is 1. The van der Waals surface area contributed by atoms with Crippen LogP contribution >= 0.6 is 23.6 Å². The maximum atomic E-state index is 12.3. The Morgan fingerprint density at radius 2 is 2.14 bits per heavy atom. The van der Waals surface area contributed by atoms with E-state index in [1.165, 1.54) is 5.01 Å². The molecule has 0 aliphatic heterocycles. The Morgan fingerprint density at radius 1 is 1.43 bits per heavy atom. The third-order valence-corrected chi connectivity index (χ3v) is 4.32. The molecule has 21 heavy (non-hydrogen) atoms. The summed E-state index contributed by atoms with van der Waals surface area (Å²) in [4.78, 5) is 13.5. The van der Waals surface area contributed by atoms with Crippen LogP contribution in [-0.2, 0) is 6.42 Å². The average molecular weight is 319 g/mol. The molecule has 3 N–H and O–H groups in total. The minimum absolute atomic E-state index is 0.101. The zero-order valence-corrected chi connectivity index (χ0v) is 13.6. The Morgan fingerprint density at radius 3 is 2.71 bits per heavy atom. The first kappa shape index (κ1) is 15.5. The van der Waals surface area contributed by atoms with E-state index in [0.29, 0.717) is 5.56 Å². The highest BCUT2D eigenvalue weighted by Crippen LogP contribution is 2.19. The molecule has 0 fully saturated rings. The highest BCUT2D eigenvalue weighted by atomic mass is 32.1. The van der Waals surface area contributed by atoms with E-state index in [0.717, 1.165) is 22.5 Å². The van der Waals surface area contributed by atoms with Crippen LogP contribution in [0.3, 0.4) is 0 Å². The van der Waals surface area contributed by atoms with Crippen molar-refractivity contribution < 1.29 is 4.79 Å². The fourth-order valence-corrected chi connectivity index (χ4v) is 2.86. The third kappa shape index (κ3) is 3.59. The van der Waals surface area contributed by atoms with Crippen molar-refractivity contribution in [3.63, 3.8) is 0 Å². The second kappa shape index (κ2) is 6.69. The van der Waals surface area contributed by atoms with Crippen molar-refractivity contribution in [3.05, 3.63) is 51.7 Å². The number of hydrogen-bond acceptors (Lipinski definition) is 3. The predicted molar refractivity (Wildman–Crippen MR) is 91.6 cm³/mol. The summed E-state index contributed by atoms with van der Waals surface area (Å²) in [6.45, 7) is 3.99. The number of nitrogens with zero attached hydrogens (tertiary/aromatic N) is 1. The molecule has 2 aromatic rings. The van der Waals surface area contributed by atoms with Crippen LogP contribution in [0.2, 0.25) is 0 Å². The molecule has 4 nitrogen and oxygen atoms in total. The van der Waals surface area contributed by atoms with E-state index in [1.54, 1.807) is 11.3 Å². The standard InChI is InChI=1S/C15H17N3OS2/c1-3-12-8-11(9-21-12)14(19)17-18(15(16)20)13-7-5-4-6-10(13)2/h4-9H,3H2,1-2H3,(H2,16,20)(H,17,19). The molecule has 0 aliphatic rings. The monoisotopic (exact) mass is 319 g/mol. The first-order chi connectivity index (χ1) is 10.0. The van der Waals surface area contributed by atoms with Crippen LogP contribution in [0.1, 0.15) is 27.7 Å². The van der Waals surface area contributed by atoms with Gasteiger partial charge in [-0.25, -0.2) is 5.01 Å². The number of carbonyl (C=O) groups is 1. The van der Waals surface area contributed by atoms with Gasteiger partial charge in [0.2, 0.25) is 0 Å². The number of aryl methyl sites for hydroxylation is 2. The smallest absolute Gasteiger partial charge is 0.271 e. The van der Waals surface area contributed by atoms with E-state index in [4.69, 9.17) is 18.0 Å². The summed E-state index contributed by atoms with van der Waals surface area (Å²) in [7, 11) is 0. The van der Waals surface area contributed by atoms with Crippen LogP contribution in [0.15, 0.2) is 35.7 Å². The number of nitrogens with two attached hydrogens (primary N) is 1. The normalized spacial score (nSPS) is 10.2. The molecule has 110 valence electrons. The maximum absolute atomic E-state index is 12.3. The Balaban J connectivity index is 2.23. The van der Waals surface area contributed by atoms with E-state index in [2.05, 4.69) is 12.3 Å². The van der Waals surface area contributed by atoms with Gasteiger partial charge in [-0.3, -0.25) is 10.2 Å². The zero-order valence-electron chi connectivity index (χ0n) is 11.9. The second-order valence-corrected chi connectivity index (χ2v) is 5.97. The van der Waals surface area contributed by atoms with E-state index in [9.17, 15) is 4.79 Å². The second-order valence-electron chi connectivity index (χ2n) is 4.56. The van der Waals surface area contributed by atoms with Gasteiger partial charge in [-0.05, 0) is 43.3 Å². The number of amides is 1. The molecule has 2 rings (SSSR count). The van der Waals surface area contributed by atoms with Crippen LogP contribution in [0, 0.1) is 6.92 Å². The minimum atomic E-state index is -0.220. The third-order valence-electron chi connectivity index (χ3n) is 3.05. The Bertz CT molecular complexity index is 666. The van der Waals surface area contributed by atoms with Gasteiger partial charge >= 0.3 is 0 Å². The average Bonchev–Trinajstić information content (AvgIpc) is 2.94. The number of para-hydroxylation sites is 1. The van der Waals surface area contributed by atoms with Crippen molar-refractivity contribution in [2.75, 3.05) is 5.01 Å². The van der Waals surface area contributed by atoms with E-state index in [1.807, 2.05) is 42.6 Å². The molecule has 6 heteroatoms. The highest BCUT2D eigenvalue weighted by Gasteiger charge is 2.16. The van der Waals surface area contributed by atoms with E-state index < -0.39 is 0 Å². The van der Waals surface area contributed by atoms with Crippen molar-refractivity contribution in [1.29, 1.82) is 0 Å². The molecule has 0 saturated heterocycles. The number of carbonyl (C=O) groups excluding carboxylic acids is 1. The molecule has 1 aromatic carbocycles. The molecular weight excluding hydrogens is 302 g/mol. The summed E-state index contributed by atoms with van der Waals surface area (Å²) in [6.07, 6.45) is 0.911. The molecule has 0 atom stereocenters. The van der Waals surface area contributed by atoms with Crippen molar-refractivity contribution in [2.24, 2.45) is 5.73 Å². The van der Waals surface area contributed by atoms with Crippen molar-refractivity contribution in [1.82, 2.24) is 5.43 Å². The number of thiocarbonyl (C=S) groups is 1. The van der Waals surface area contributed by atoms with E-state index >= 15 is 0 Å². The van der Waals surface area contributed by atoms with Crippen LogP contribution < -0.4 is 16.2 Å². The molecule has 0 aliphatic carbocycles. The van der Waals surface area contributed by atoms with Gasteiger partial charge < -0.3 is 5.73 Å². The zero-order chi connectivity index (χ0) is 15.4. The quantitative estimate of drug-likeness (QED) is 0.674. The van der Waals surface area contributed by atoms with Gasteiger partial charge in [-0.1, -0.05) is 25.1 Å². The lowest BCUT2D eigenvalue weighted by molar-refractivity contribution is 0.0955. The van der Waals surface area contributed by atoms with Gasteiger partial charge in [-0.15, -0.1) is 11.3 Å². The lowest BCUT2D eigenvalue weighted by Crippen LogP contribution is -2.49. The van der Waals surface area contributed by atoms with Gasteiger partial charge in [-0.2, -0.15) is 0 Å². The van der Waals surface area contributed by atoms with Gasteiger partial charge in [0.15, 0.2) is 5.11 Å². The van der Waals surface area contributed by atoms with E-state index in [-0.39, 0.29) is 11.0 Å². The Labute approximate surface area is 133 Å². The molecule has 0 spiro atoms. The van der Waals surface area contributed by atoms with Crippen LogP contribution in [0.4, 0.5) is 5.69 Å². The molecule has 0 bridgehead atoms. The maximum Gasteiger partial charge on any atom is 0.271 e. The number of hydrogen-bond donors (Lipinski definition) is 2. The molecule has 1 amide bonds. The van der Waals surface area contributed by atoms with Crippen molar-refractivity contribution in [2.45, 2.75) is 20.3 Å². The number of hydrazine groups is 1. The largest absolute Gasteiger partial charge is 0.374 e. The summed E-state index contributed by atoms with van der Waals surface area (Å²) in [5.41, 5.74) is 10.9. The summed E-state index contributed by atoms with van der Waals surface area (Å²) >= 11 is 6.62. The molecule has 1 heterocycles. The van der Waals surface area contributed by atoms with Gasteiger partial charge in [0.25, 0.3) is 5.91 Å². The highest BCUT2D eigenvalue weighted by molar-refractivity contribution is 7.80. The SMILES string of the molecule is CCc1cc(C(=O)NN(C(N)=S)c2ccccc2C)cs1. The molecule has 0 radical (unpaired) electrons. The topological polar surface area (TPSA) is 58.4 Å². The number of rotatable bonds is 3. The fraction of sp³-hybridized carbons (Fsp3) is 0.200.